The summed E-state index contributed by atoms with van der Waals surface area (Å²) in [7, 11) is 0. The summed E-state index contributed by atoms with van der Waals surface area (Å²) in [5.74, 6) is -3.79. The van der Waals surface area contributed by atoms with E-state index >= 15 is 8.78 Å². The number of imidazole rings is 1. The lowest BCUT2D eigenvalue weighted by Gasteiger charge is -2.46. The molecule has 2 aromatic carbocycles. The van der Waals surface area contributed by atoms with Crippen LogP contribution in [0.4, 0.5) is 27.6 Å². The first-order valence-corrected chi connectivity index (χ1v) is 10.1. The van der Waals surface area contributed by atoms with Crippen molar-refractivity contribution in [1.29, 1.82) is 0 Å². The normalized spacial score (nSPS) is 18.1. The topological polar surface area (TPSA) is 93.1 Å². The van der Waals surface area contributed by atoms with Crippen molar-refractivity contribution in [3.63, 3.8) is 0 Å². The van der Waals surface area contributed by atoms with Crippen molar-refractivity contribution in [3.8, 4) is 11.1 Å². The van der Waals surface area contributed by atoms with Gasteiger partial charge in [-0.25, -0.2) is 13.8 Å². The number of fused-ring (bicyclic) bond motifs is 1. The summed E-state index contributed by atoms with van der Waals surface area (Å²) < 4.78 is 73.7. The lowest BCUT2D eigenvalue weighted by molar-refractivity contribution is -0.212. The van der Waals surface area contributed by atoms with Crippen LogP contribution in [-0.4, -0.2) is 37.7 Å². The van der Waals surface area contributed by atoms with Crippen molar-refractivity contribution in [3.05, 3.63) is 66.3 Å². The van der Waals surface area contributed by atoms with Gasteiger partial charge in [0.05, 0.1) is 29.1 Å². The first-order valence-electron chi connectivity index (χ1n) is 10.1. The van der Waals surface area contributed by atoms with Gasteiger partial charge in [-0.15, -0.1) is 13.2 Å². The zero-order valence-corrected chi connectivity index (χ0v) is 17.7. The quantitative estimate of drug-likeness (QED) is 0.263. The van der Waals surface area contributed by atoms with Crippen LogP contribution in [0.15, 0.2) is 49.1 Å². The number of hydrogen-bond acceptors (Lipinski definition) is 5. The third-order valence-electron chi connectivity index (χ3n) is 5.57. The van der Waals surface area contributed by atoms with Crippen LogP contribution in [0.5, 0.6) is 0 Å². The van der Waals surface area contributed by atoms with Gasteiger partial charge in [-0.3, -0.25) is 14.5 Å². The highest BCUT2D eigenvalue weighted by atomic mass is 19.4. The number of amides is 1. The summed E-state index contributed by atoms with van der Waals surface area (Å²) in [5, 5.41) is 3.16. The zero-order chi connectivity index (χ0) is 25.1. The number of nitrogens with one attached hydrogen (secondary N) is 1. The molecule has 8 nitrogen and oxygen atoms in total. The molecule has 35 heavy (non-hydrogen) atoms. The number of carbonyl (C=O) groups is 2. The molecule has 1 saturated heterocycles. The fraction of sp³-hybridized carbons (Fsp3) is 0.182. The number of anilines is 1. The summed E-state index contributed by atoms with van der Waals surface area (Å²) in [4.78, 5) is 32.4. The number of halogens is 5. The summed E-state index contributed by atoms with van der Waals surface area (Å²) in [6, 6.07) is 4.98. The Kier molecular flexibility index (Phi) is 5.07. The van der Waals surface area contributed by atoms with E-state index in [0.29, 0.717) is 17.2 Å². The lowest BCUT2D eigenvalue weighted by atomic mass is 9.88. The molecule has 3 heterocycles. The molecule has 2 atom stereocenters. The molecule has 180 valence electrons. The minimum absolute atomic E-state index is 0.172. The molecule has 1 amide bonds. The molecular formula is C22H14F5N5O3. The van der Waals surface area contributed by atoms with Gasteiger partial charge in [-0.05, 0) is 35.9 Å². The van der Waals surface area contributed by atoms with Gasteiger partial charge in [0.15, 0.2) is 0 Å². The molecule has 0 saturated carbocycles. The van der Waals surface area contributed by atoms with Crippen LogP contribution < -0.4 is 4.90 Å². The third-order valence-corrected chi connectivity index (χ3v) is 5.57. The summed E-state index contributed by atoms with van der Waals surface area (Å²) in [6.45, 7) is 1.05. The SMILES string of the molecule is CC(=O)OC1C(=O)N(c2ccc3nc[nH]c3c2)C1c1c(F)cc(-c2cnn(C(F)(F)F)c2)cc1F. The summed E-state index contributed by atoms with van der Waals surface area (Å²) in [6.07, 6.45) is -3.44. The molecule has 4 aromatic rings. The molecule has 13 heteroatoms. The molecule has 2 unspecified atom stereocenters. The highest BCUT2D eigenvalue weighted by Crippen LogP contribution is 2.44. The number of nitrogens with zero attached hydrogens (tertiary/aromatic N) is 4. The number of carbonyl (C=O) groups excluding carboxylic acids is 2. The molecule has 2 aromatic heterocycles. The van der Waals surface area contributed by atoms with Crippen LogP contribution in [0.2, 0.25) is 0 Å². The van der Waals surface area contributed by atoms with Gasteiger partial charge in [0, 0.05) is 24.4 Å². The average Bonchev–Trinajstić information content (AvgIpc) is 3.45. The predicted molar refractivity (Wildman–Crippen MR) is 111 cm³/mol. The van der Waals surface area contributed by atoms with E-state index in [2.05, 4.69) is 15.1 Å². The fourth-order valence-electron chi connectivity index (χ4n) is 4.04. The Labute approximate surface area is 192 Å². The number of ether oxygens (including phenoxy) is 1. The third kappa shape index (κ3) is 3.78. The number of rotatable bonds is 4. The zero-order valence-electron chi connectivity index (χ0n) is 17.7. The van der Waals surface area contributed by atoms with E-state index in [4.69, 9.17) is 4.74 Å². The highest BCUT2D eigenvalue weighted by Gasteiger charge is 2.53. The minimum Gasteiger partial charge on any atom is -0.450 e. The molecular weight excluding hydrogens is 477 g/mol. The van der Waals surface area contributed by atoms with E-state index in [1.165, 1.54) is 12.4 Å². The molecule has 0 bridgehead atoms. The van der Waals surface area contributed by atoms with E-state index < -0.39 is 47.5 Å². The van der Waals surface area contributed by atoms with E-state index in [9.17, 15) is 22.8 Å². The second-order valence-electron chi connectivity index (χ2n) is 7.78. The Hall–Kier alpha value is -4.29. The van der Waals surface area contributed by atoms with Gasteiger partial charge in [0.2, 0.25) is 6.10 Å². The number of alkyl halides is 3. The lowest BCUT2D eigenvalue weighted by Crippen LogP contribution is -2.61. The standard InChI is InChI=1S/C22H14F5N5O3/c1-10(33)35-20-19(32(21(20)34)13-2-3-16-17(6-13)29-9-28-16)18-14(23)4-11(5-15(18)24)12-7-30-31(8-12)22(25,26)27/h2-9,19-20H,1H3,(H,28,29). The van der Waals surface area contributed by atoms with Crippen molar-refractivity contribution in [2.75, 3.05) is 4.90 Å². The molecule has 1 aliphatic rings. The fourth-order valence-corrected chi connectivity index (χ4v) is 4.04. The van der Waals surface area contributed by atoms with Gasteiger partial charge < -0.3 is 9.72 Å². The molecule has 1 N–H and O–H groups in total. The maximum atomic E-state index is 15.3. The van der Waals surface area contributed by atoms with Gasteiger partial charge in [-0.1, -0.05) is 0 Å². The number of β-lactam (4-membered cyclic amide) rings is 1. The van der Waals surface area contributed by atoms with Gasteiger partial charge in [-0.2, -0.15) is 9.78 Å². The second kappa shape index (κ2) is 7.89. The Bertz CT molecular complexity index is 1450. The highest BCUT2D eigenvalue weighted by molar-refractivity contribution is 6.06. The first kappa shape index (κ1) is 22.5. The maximum Gasteiger partial charge on any atom is 0.504 e. The first-order chi connectivity index (χ1) is 16.5. The average molecular weight is 491 g/mol. The van der Waals surface area contributed by atoms with Crippen LogP contribution in [0.1, 0.15) is 18.5 Å². The van der Waals surface area contributed by atoms with Crippen LogP contribution in [0.3, 0.4) is 0 Å². The van der Waals surface area contributed by atoms with Crippen molar-refractivity contribution >= 4 is 28.6 Å². The van der Waals surface area contributed by atoms with Crippen molar-refractivity contribution < 1.29 is 36.3 Å². The van der Waals surface area contributed by atoms with Crippen LogP contribution in [0.25, 0.3) is 22.2 Å². The summed E-state index contributed by atoms with van der Waals surface area (Å²) >= 11 is 0. The van der Waals surface area contributed by atoms with E-state index in [1.54, 1.807) is 12.1 Å². The Morgan fingerprint density at radius 1 is 1.11 bits per heavy atom. The van der Waals surface area contributed by atoms with Crippen LogP contribution in [-0.2, 0) is 20.6 Å². The largest absolute Gasteiger partial charge is 0.504 e. The number of H-pyrrole nitrogens is 1. The van der Waals surface area contributed by atoms with E-state index in [0.717, 1.165) is 30.2 Å². The molecule has 1 aliphatic heterocycles. The maximum absolute atomic E-state index is 15.3. The second-order valence-corrected chi connectivity index (χ2v) is 7.78. The van der Waals surface area contributed by atoms with E-state index in [-0.39, 0.29) is 21.5 Å². The number of esters is 1. The Balaban J connectivity index is 1.57. The predicted octanol–water partition coefficient (Wildman–Crippen LogP) is 4.20. The molecule has 1 fully saturated rings. The van der Waals surface area contributed by atoms with Gasteiger partial charge in [0.25, 0.3) is 5.91 Å². The van der Waals surface area contributed by atoms with Gasteiger partial charge in [0.1, 0.15) is 17.7 Å². The van der Waals surface area contributed by atoms with Crippen molar-refractivity contribution in [2.24, 2.45) is 0 Å². The van der Waals surface area contributed by atoms with Crippen LogP contribution >= 0.6 is 0 Å². The number of aromatic nitrogens is 4. The molecule has 0 radical (unpaired) electrons. The molecule has 5 rings (SSSR count). The number of benzene rings is 2. The van der Waals surface area contributed by atoms with Crippen LogP contribution in [0, 0.1) is 11.6 Å². The number of hydrogen-bond donors (Lipinski definition) is 1. The Morgan fingerprint density at radius 2 is 1.83 bits per heavy atom. The number of aromatic amines is 1. The minimum atomic E-state index is -4.80. The van der Waals surface area contributed by atoms with Crippen molar-refractivity contribution in [2.45, 2.75) is 25.4 Å². The Morgan fingerprint density at radius 3 is 2.46 bits per heavy atom. The smallest absolute Gasteiger partial charge is 0.450 e. The van der Waals surface area contributed by atoms with E-state index in [1.807, 2.05) is 0 Å². The van der Waals surface area contributed by atoms with Gasteiger partial charge >= 0.3 is 12.3 Å². The molecule has 0 spiro atoms. The monoisotopic (exact) mass is 491 g/mol. The molecule has 0 aliphatic carbocycles. The van der Waals surface area contributed by atoms with Crippen molar-refractivity contribution in [1.82, 2.24) is 19.7 Å². The summed E-state index contributed by atoms with van der Waals surface area (Å²) in [5.41, 5.74) is 0.481.